The van der Waals surface area contributed by atoms with Crippen LogP contribution in [-0.2, 0) is 0 Å². The van der Waals surface area contributed by atoms with Crippen LogP contribution in [0.3, 0.4) is 0 Å². The van der Waals surface area contributed by atoms with Gasteiger partial charge in [-0.15, -0.1) is 0 Å². The molecule has 0 amide bonds. The molecule has 0 radical (unpaired) electrons. The lowest BCUT2D eigenvalue weighted by molar-refractivity contribution is 0.599. The molecule has 1 heterocycles. The second-order valence-electron chi connectivity index (χ2n) is 3.79. The first-order chi connectivity index (χ1) is 6.63. The largest absolute Gasteiger partial charge is 0.306 e. The minimum Gasteiger partial charge on any atom is -0.306 e. The van der Waals surface area contributed by atoms with Gasteiger partial charge in [0, 0.05) is 5.92 Å². The summed E-state index contributed by atoms with van der Waals surface area (Å²) in [5.41, 5.74) is 2.60. The third kappa shape index (κ3) is 1.43. The number of anilines is 1. The zero-order chi connectivity index (χ0) is 10.3. The predicted molar refractivity (Wildman–Crippen MR) is 51.1 cm³/mol. The number of rotatable bonds is 2. The van der Waals surface area contributed by atoms with Crippen molar-refractivity contribution in [2.75, 3.05) is 5.43 Å². The molecule has 2 atom stereocenters. The van der Waals surface area contributed by atoms with E-state index < -0.39 is 5.82 Å². The number of hydrogen-bond donors (Lipinski definition) is 2. The van der Waals surface area contributed by atoms with Gasteiger partial charge in [0.05, 0.1) is 5.69 Å². The molecule has 1 aliphatic rings. The van der Waals surface area contributed by atoms with Gasteiger partial charge in [0.15, 0.2) is 11.6 Å². The summed E-state index contributed by atoms with van der Waals surface area (Å²) in [6.45, 7) is 3.75. The lowest BCUT2D eigenvalue weighted by Crippen LogP contribution is -2.13. The minimum absolute atomic E-state index is 0.0894. The van der Waals surface area contributed by atoms with E-state index in [0.717, 1.165) is 6.42 Å². The molecule has 1 saturated carbocycles. The molecule has 0 saturated heterocycles. The van der Waals surface area contributed by atoms with Crippen molar-refractivity contribution in [1.82, 2.24) is 9.97 Å². The quantitative estimate of drug-likeness (QED) is 0.553. The van der Waals surface area contributed by atoms with Crippen molar-refractivity contribution >= 4 is 5.82 Å². The van der Waals surface area contributed by atoms with Gasteiger partial charge in [0.2, 0.25) is 0 Å². The molecule has 0 aliphatic heterocycles. The average molecular weight is 196 g/mol. The summed E-state index contributed by atoms with van der Waals surface area (Å²) < 4.78 is 13.3. The first kappa shape index (κ1) is 9.33. The third-order valence-electron chi connectivity index (χ3n) is 2.61. The highest BCUT2D eigenvalue weighted by molar-refractivity contribution is 5.37. The van der Waals surface area contributed by atoms with Crippen LogP contribution in [0.4, 0.5) is 10.2 Å². The van der Waals surface area contributed by atoms with Crippen molar-refractivity contribution in [1.29, 1.82) is 0 Å². The number of nitrogens with two attached hydrogens (primary N) is 1. The molecule has 4 nitrogen and oxygen atoms in total. The molecular weight excluding hydrogens is 183 g/mol. The van der Waals surface area contributed by atoms with E-state index in [1.54, 1.807) is 6.92 Å². The van der Waals surface area contributed by atoms with E-state index in [1.165, 1.54) is 0 Å². The maximum absolute atomic E-state index is 13.3. The molecule has 0 bridgehead atoms. The van der Waals surface area contributed by atoms with Crippen LogP contribution >= 0.6 is 0 Å². The van der Waals surface area contributed by atoms with Crippen LogP contribution in [-0.4, -0.2) is 9.97 Å². The number of nitrogen functional groups attached to an aromatic ring is 1. The average Bonchev–Trinajstić information content (AvgIpc) is 2.87. The number of nitrogens with zero attached hydrogens (tertiary/aromatic N) is 2. The predicted octanol–water partition coefficient (Wildman–Crippen LogP) is 1.33. The summed E-state index contributed by atoms with van der Waals surface area (Å²) in [5.74, 6) is 6.46. The van der Waals surface area contributed by atoms with Crippen LogP contribution in [0.15, 0.2) is 0 Å². The number of aromatic nitrogens is 2. The number of hydrazine groups is 1. The first-order valence-electron chi connectivity index (χ1n) is 4.64. The van der Waals surface area contributed by atoms with Crippen molar-refractivity contribution < 1.29 is 4.39 Å². The van der Waals surface area contributed by atoms with Crippen LogP contribution in [0.1, 0.15) is 30.8 Å². The van der Waals surface area contributed by atoms with E-state index in [2.05, 4.69) is 22.3 Å². The monoisotopic (exact) mass is 196 g/mol. The van der Waals surface area contributed by atoms with Gasteiger partial charge < -0.3 is 5.43 Å². The number of nitrogens with one attached hydrogen (secondary N) is 1. The topological polar surface area (TPSA) is 63.8 Å². The summed E-state index contributed by atoms with van der Waals surface area (Å²) >= 11 is 0. The highest BCUT2D eigenvalue weighted by atomic mass is 19.1. The summed E-state index contributed by atoms with van der Waals surface area (Å²) in [6.07, 6.45) is 1.08. The van der Waals surface area contributed by atoms with Crippen molar-refractivity contribution in [2.24, 2.45) is 11.8 Å². The Balaban J connectivity index is 2.38. The Morgan fingerprint density at radius 2 is 2.14 bits per heavy atom. The van der Waals surface area contributed by atoms with E-state index >= 15 is 0 Å². The summed E-state index contributed by atoms with van der Waals surface area (Å²) in [6, 6.07) is 0. The molecule has 3 N–H and O–H groups in total. The van der Waals surface area contributed by atoms with Gasteiger partial charge in [-0.3, -0.25) is 0 Å². The van der Waals surface area contributed by atoms with Gasteiger partial charge >= 0.3 is 0 Å². The van der Waals surface area contributed by atoms with Crippen LogP contribution < -0.4 is 11.3 Å². The molecule has 76 valence electrons. The van der Waals surface area contributed by atoms with Gasteiger partial charge in [0.1, 0.15) is 5.82 Å². The van der Waals surface area contributed by atoms with E-state index in [9.17, 15) is 4.39 Å². The van der Waals surface area contributed by atoms with E-state index in [-0.39, 0.29) is 5.82 Å². The summed E-state index contributed by atoms with van der Waals surface area (Å²) in [4.78, 5) is 8.15. The van der Waals surface area contributed by atoms with Crippen molar-refractivity contribution in [3.8, 4) is 0 Å². The van der Waals surface area contributed by atoms with Crippen LogP contribution in [0.5, 0.6) is 0 Å². The highest BCUT2D eigenvalue weighted by Gasteiger charge is 2.37. The fourth-order valence-electron chi connectivity index (χ4n) is 1.52. The van der Waals surface area contributed by atoms with Gasteiger partial charge in [-0.2, -0.15) is 0 Å². The van der Waals surface area contributed by atoms with Gasteiger partial charge in [-0.25, -0.2) is 20.2 Å². The molecular formula is C9H13FN4. The van der Waals surface area contributed by atoms with Crippen LogP contribution in [0.25, 0.3) is 0 Å². The molecule has 1 fully saturated rings. The summed E-state index contributed by atoms with van der Waals surface area (Å²) in [5, 5.41) is 0. The SMILES string of the molecule is Cc1nc(C2CC2C)nc(NN)c1F. The Kier molecular flexibility index (Phi) is 2.11. The number of aryl methyl sites for hydroxylation is 1. The summed E-state index contributed by atoms with van der Waals surface area (Å²) in [7, 11) is 0. The molecule has 14 heavy (non-hydrogen) atoms. The van der Waals surface area contributed by atoms with Crippen molar-refractivity contribution in [2.45, 2.75) is 26.2 Å². The van der Waals surface area contributed by atoms with Crippen molar-refractivity contribution in [3.63, 3.8) is 0 Å². The lowest BCUT2D eigenvalue weighted by atomic mass is 10.3. The van der Waals surface area contributed by atoms with Crippen molar-refractivity contribution in [3.05, 3.63) is 17.3 Å². The standard InChI is InChI=1S/C9H13FN4/c1-4-3-6(4)8-12-5(2)7(10)9(13-8)14-11/h4,6H,3,11H2,1-2H3,(H,12,13,14). The Morgan fingerprint density at radius 1 is 1.50 bits per heavy atom. The van der Waals surface area contributed by atoms with E-state index in [0.29, 0.717) is 23.4 Å². The second kappa shape index (κ2) is 3.16. The van der Waals surface area contributed by atoms with Crippen LogP contribution in [0.2, 0.25) is 0 Å². The normalized spacial score (nSPS) is 24.9. The molecule has 0 spiro atoms. The minimum atomic E-state index is -0.468. The second-order valence-corrected chi connectivity index (χ2v) is 3.79. The third-order valence-corrected chi connectivity index (χ3v) is 2.61. The maximum Gasteiger partial charge on any atom is 0.187 e. The highest BCUT2D eigenvalue weighted by Crippen LogP contribution is 2.45. The van der Waals surface area contributed by atoms with E-state index in [1.807, 2.05) is 0 Å². The molecule has 5 heteroatoms. The molecule has 0 aromatic carbocycles. The first-order valence-corrected chi connectivity index (χ1v) is 4.64. The smallest absolute Gasteiger partial charge is 0.187 e. The molecule has 1 aromatic heterocycles. The Bertz CT molecular complexity index is 366. The zero-order valence-corrected chi connectivity index (χ0v) is 8.21. The molecule has 1 aliphatic carbocycles. The Hall–Kier alpha value is -1.23. The Labute approximate surface area is 81.7 Å². The zero-order valence-electron chi connectivity index (χ0n) is 8.21. The molecule has 2 unspecified atom stereocenters. The van der Waals surface area contributed by atoms with Crippen LogP contribution in [0, 0.1) is 18.7 Å². The van der Waals surface area contributed by atoms with Gasteiger partial charge in [0.25, 0.3) is 0 Å². The van der Waals surface area contributed by atoms with Gasteiger partial charge in [-0.1, -0.05) is 6.92 Å². The fourth-order valence-corrected chi connectivity index (χ4v) is 1.52. The molecule has 1 aromatic rings. The Morgan fingerprint density at radius 3 is 2.64 bits per heavy atom. The fraction of sp³-hybridized carbons (Fsp3) is 0.556. The number of halogens is 1. The number of hydrogen-bond acceptors (Lipinski definition) is 4. The lowest BCUT2D eigenvalue weighted by Gasteiger charge is -2.06. The maximum atomic E-state index is 13.3. The van der Waals surface area contributed by atoms with Gasteiger partial charge in [-0.05, 0) is 19.3 Å². The van der Waals surface area contributed by atoms with E-state index in [4.69, 9.17) is 5.84 Å². The molecule has 2 rings (SSSR count).